The molecule has 1 aromatic heterocycles. The second kappa shape index (κ2) is 14.1. The fourth-order valence-corrected chi connectivity index (χ4v) is 5.92. The Bertz CT molecular complexity index is 1270. The average Bonchev–Trinajstić information content (AvgIpc) is 2.94. The van der Waals surface area contributed by atoms with Crippen LogP contribution in [-0.4, -0.2) is 62.1 Å². The largest absolute Gasteiger partial charge is 0.338 e. The topological polar surface area (TPSA) is 22.6 Å². The fourth-order valence-electron chi connectivity index (χ4n) is 4.56. The standard InChI is InChI=1S/C17H20N2S.C16H19BrN2/c1-13(18(2)3)12-19-14-8-4-6-10-16(14)20-17-11-7-5-9-15(17)19;1-19(2)12-10-15(16-5-3-4-11-18-16)13-6-8-14(17)9-7-13/h4-11,13H,12H2,1-3H3;3-9,11,15H,10,12H2,1-2H3. The first-order chi connectivity index (χ1) is 18.8. The molecular weight excluding hydrogens is 564 g/mol. The molecule has 0 N–H and O–H groups in total. The third kappa shape index (κ3) is 7.95. The summed E-state index contributed by atoms with van der Waals surface area (Å²) in [4.78, 5) is 14.2. The number of fused-ring (bicyclic) bond motifs is 2. The Balaban J connectivity index is 0.000000181. The predicted molar refractivity (Wildman–Crippen MR) is 171 cm³/mol. The smallest absolute Gasteiger partial charge is 0.0553 e. The van der Waals surface area contributed by atoms with Gasteiger partial charge in [0.05, 0.1) is 11.4 Å². The maximum atomic E-state index is 4.53. The van der Waals surface area contributed by atoms with Crippen molar-refractivity contribution in [3.63, 3.8) is 0 Å². The third-order valence-electron chi connectivity index (χ3n) is 7.04. The van der Waals surface area contributed by atoms with Gasteiger partial charge in [-0.1, -0.05) is 70.2 Å². The van der Waals surface area contributed by atoms with Crippen LogP contribution >= 0.6 is 27.7 Å². The van der Waals surface area contributed by atoms with E-state index < -0.39 is 0 Å². The molecule has 0 radical (unpaired) electrons. The molecule has 0 fully saturated rings. The SMILES string of the molecule is CC(CN1c2ccccc2Sc2ccccc21)N(C)C.CN(C)CCC(c1ccc(Br)cc1)c1ccccn1. The normalized spacial score (nSPS) is 13.8. The van der Waals surface area contributed by atoms with Crippen LogP contribution in [-0.2, 0) is 0 Å². The van der Waals surface area contributed by atoms with Gasteiger partial charge in [0, 0.05) is 44.7 Å². The summed E-state index contributed by atoms with van der Waals surface area (Å²) in [6, 6.07) is 32.6. The summed E-state index contributed by atoms with van der Waals surface area (Å²) >= 11 is 5.36. The van der Waals surface area contributed by atoms with Crippen LogP contribution in [0.5, 0.6) is 0 Å². The van der Waals surface area contributed by atoms with E-state index in [2.05, 4.69) is 156 Å². The molecule has 0 saturated carbocycles. The first kappa shape index (κ1) is 29.3. The quantitative estimate of drug-likeness (QED) is 0.202. The van der Waals surface area contributed by atoms with E-state index in [0.29, 0.717) is 12.0 Å². The molecule has 4 aromatic rings. The molecule has 0 bridgehead atoms. The van der Waals surface area contributed by atoms with Crippen LogP contribution in [0, 0.1) is 0 Å². The summed E-state index contributed by atoms with van der Waals surface area (Å²) in [5, 5.41) is 0. The predicted octanol–water partition coefficient (Wildman–Crippen LogP) is 8.17. The van der Waals surface area contributed by atoms with E-state index in [4.69, 9.17) is 0 Å². The zero-order valence-electron chi connectivity index (χ0n) is 23.6. The van der Waals surface area contributed by atoms with Crippen molar-refractivity contribution in [1.29, 1.82) is 0 Å². The zero-order chi connectivity index (χ0) is 27.8. The Labute approximate surface area is 247 Å². The summed E-state index contributed by atoms with van der Waals surface area (Å²) < 4.78 is 1.11. The van der Waals surface area contributed by atoms with Gasteiger partial charge in [-0.15, -0.1) is 0 Å². The molecule has 3 aromatic carbocycles. The number of hydrogen-bond donors (Lipinski definition) is 0. The molecule has 2 heterocycles. The number of nitrogens with zero attached hydrogens (tertiary/aromatic N) is 4. The number of benzene rings is 3. The zero-order valence-corrected chi connectivity index (χ0v) is 26.0. The lowest BCUT2D eigenvalue weighted by atomic mass is 9.92. The lowest BCUT2D eigenvalue weighted by Gasteiger charge is -2.36. The van der Waals surface area contributed by atoms with Gasteiger partial charge in [0.1, 0.15) is 0 Å². The molecule has 6 heteroatoms. The third-order valence-corrected chi connectivity index (χ3v) is 8.70. The van der Waals surface area contributed by atoms with E-state index in [1.165, 1.54) is 26.7 Å². The van der Waals surface area contributed by atoms with Crippen LogP contribution in [0.1, 0.15) is 30.5 Å². The number of halogens is 1. The minimum absolute atomic E-state index is 0.358. The van der Waals surface area contributed by atoms with E-state index in [1.54, 1.807) is 0 Å². The number of rotatable bonds is 8. The lowest BCUT2D eigenvalue weighted by Crippen LogP contribution is -2.37. The van der Waals surface area contributed by atoms with Crippen molar-refractivity contribution < 1.29 is 0 Å². The van der Waals surface area contributed by atoms with Gasteiger partial charge in [-0.2, -0.15) is 0 Å². The summed E-state index contributed by atoms with van der Waals surface area (Å²) in [7, 11) is 8.50. The summed E-state index contributed by atoms with van der Waals surface area (Å²) in [6.07, 6.45) is 2.95. The number of aromatic nitrogens is 1. The Morgan fingerprint density at radius 1 is 0.795 bits per heavy atom. The van der Waals surface area contributed by atoms with E-state index >= 15 is 0 Å². The molecule has 5 rings (SSSR count). The molecule has 1 aliphatic heterocycles. The number of hydrogen-bond acceptors (Lipinski definition) is 5. The molecule has 2 atom stereocenters. The van der Waals surface area contributed by atoms with Crippen LogP contribution in [0.3, 0.4) is 0 Å². The Hall–Kier alpha value is -2.64. The number of pyridine rings is 1. The van der Waals surface area contributed by atoms with E-state index in [9.17, 15) is 0 Å². The molecule has 2 unspecified atom stereocenters. The molecule has 0 spiro atoms. The van der Waals surface area contributed by atoms with Gasteiger partial charge in [0.2, 0.25) is 0 Å². The molecule has 204 valence electrons. The summed E-state index contributed by atoms with van der Waals surface area (Å²) in [6.45, 7) is 4.33. The van der Waals surface area contributed by atoms with Crippen molar-refractivity contribution in [3.05, 3.63) is 113 Å². The minimum atomic E-state index is 0.358. The lowest BCUT2D eigenvalue weighted by molar-refractivity contribution is 0.319. The van der Waals surface area contributed by atoms with Gasteiger partial charge in [-0.05, 0) is 102 Å². The Morgan fingerprint density at radius 3 is 1.92 bits per heavy atom. The monoisotopic (exact) mass is 602 g/mol. The van der Waals surface area contributed by atoms with E-state index in [-0.39, 0.29) is 0 Å². The van der Waals surface area contributed by atoms with Crippen LogP contribution < -0.4 is 4.90 Å². The number of para-hydroxylation sites is 2. The van der Waals surface area contributed by atoms with Crippen molar-refractivity contribution in [1.82, 2.24) is 14.8 Å². The second-order valence-electron chi connectivity index (χ2n) is 10.4. The van der Waals surface area contributed by atoms with Gasteiger partial charge in [0.25, 0.3) is 0 Å². The number of anilines is 2. The van der Waals surface area contributed by atoms with Gasteiger partial charge >= 0.3 is 0 Å². The average molecular weight is 604 g/mol. The fraction of sp³-hybridized carbons (Fsp3) is 0.303. The maximum absolute atomic E-state index is 4.53. The minimum Gasteiger partial charge on any atom is -0.338 e. The molecule has 1 aliphatic rings. The van der Waals surface area contributed by atoms with E-state index in [0.717, 1.165) is 29.7 Å². The van der Waals surface area contributed by atoms with Gasteiger partial charge < -0.3 is 14.7 Å². The van der Waals surface area contributed by atoms with E-state index in [1.807, 2.05) is 24.0 Å². The maximum Gasteiger partial charge on any atom is 0.0553 e. The second-order valence-corrected chi connectivity index (χ2v) is 12.4. The highest BCUT2D eigenvalue weighted by Gasteiger charge is 2.24. The Morgan fingerprint density at radius 2 is 1.38 bits per heavy atom. The molecule has 0 amide bonds. The Kier molecular flexibility index (Phi) is 10.6. The molecule has 39 heavy (non-hydrogen) atoms. The summed E-state index contributed by atoms with van der Waals surface area (Å²) in [5.74, 6) is 0.358. The van der Waals surface area contributed by atoms with Crippen molar-refractivity contribution in [2.45, 2.75) is 35.1 Å². The van der Waals surface area contributed by atoms with Crippen molar-refractivity contribution in [2.75, 3.05) is 46.2 Å². The summed E-state index contributed by atoms with van der Waals surface area (Å²) in [5.41, 5.74) is 5.12. The molecule has 0 aliphatic carbocycles. The first-order valence-corrected chi connectivity index (χ1v) is 15.1. The van der Waals surface area contributed by atoms with Gasteiger partial charge in [0.15, 0.2) is 0 Å². The van der Waals surface area contributed by atoms with Crippen LogP contribution in [0.15, 0.2) is 111 Å². The first-order valence-electron chi connectivity index (χ1n) is 13.4. The number of likely N-dealkylation sites (N-methyl/N-ethyl adjacent to an activating group) is 1. The van der Waals surface area contributed by atoms with Crippen LogP contribution in [0.4, 0.5) is 11.4 Å². The molecule has 4 nitrogen and oxygen atoms in total. The molecule has 0 saturated heterocycles. The van der Waals surface area contributed by atoms with Gasteiger partial charge in [-0.25, -0.2) is 0 Å². The van der Waals surface area contributed by atoms with Crippen molar-refractivity contribution >= 4 is 39.1 Å². The van der Waals surface area contributed by atoms with Crippen LogP contribution in [0.25, 0.3) is 0 Å². The van der Waals surface area contributed by atoms with Crippen LogP contribution in [0.2, 0.25) is 0 Å². The van der Waals surface area contributed by atoms with Crippen molar-refractivity contribution in [3.8, 4) is 0 Å². The molecular formula is C33H39BrN4S. The highest BCUT2D eigenvalue weighted by atomic mass is 79.9. The van der Waals surface area contributed by atoms with Gasteiger partial charge in [-0.3, -0.25) is 4.98 Å². The highest BCUT2D eigenvalue weighted by Crippen LogP contribution is 2.47. The van der Waals surface area contributed by atoms with Crippen molar-refractivity contribution in [2.24, 2.45) is 0 Å². The highest BCUT2D eigenvalue weighted by molar-refractivity contribution is 9.10.